The molecule has 4 nitrogen and oxygen atoms in total. The number of aliphatic carboxylic acids is 1. The second-order valence-electron chi connectivity index (χ2n) is 4.96. The van der Waals surface area contributed by atoms with Gasteiger partial charge < -0.3 is 10.0 Å². The fourth-order valence-corrected chi connectivity index (χ4v) is 2.82. The van der Waals surface area contributed by atoms with E-state index in [0.717, 1.165) is 25.0 Å². The van der Waals surface area contributed by atoms with Crippen LogP contribution in [0.3, 0.4) is 0 Å². The molecule has 1 saturated heterocycles. The van der Waals surface area contributed by atoms with E-state index in [1.807, 2.05) is 6.92 Å². The normalized spacial score (nSPS) is 24.0. The molecule has 0 aliphatic carbocycles. The van der Waals surface area contributed by atoms with E-state index < -0.39 is 5.97 Å². The quantitative estimate of drug-likeness (QED) is 0.754. The van der Waals surface area contributed by atoms with Gasteiger partial charge in [-0.15, -0.1) is 0 Å². The highest BCUT2D eigenvalue weighted by molar-refractivity contribution is 7.98. The molecule has 1 amide bonds. The molecular formula is C13H23NO3S. The molecule has 5 heteroatoms. The van der Waals surface area contributed by atoms with E-state index in [9.17, 15) is 9.59 Å². The first-order valence-electron chi connectivity index (χ1n) is 6.57. The van der Waals surface area contributed by atoms with Gasteiger partial charge in [0.15, 0.2) is 0 Å². The van der Waals surface area contributed by atoms with E-state index in [1.54, 1.807) is 16.7 Å². The van der Waals surface area contributed by atoms with Crippen molar-refractivity contribution in [2.24, 2.45) is 5.92 Å². The third kappa shape index (κ3) is 4.52. The van der Waals surface area contributed by atoms with Crippen molar-refractivity contribution < 1.29 is 14.7 Å². The molecule has 0 spiro atoms. The largest absolute Gasteiger partial charge is 0.481 e. The lowest BCUT2D eigenvalue weighted by molar-refractivity contribution is -0.147. The number of carboxylic acids is 1. The van der Waals surface area contributed by atoms with E-state index in [2.05, 4.69) is 6.26 Å². The number of hydrogen-bond donors (Lipinski definition) is 1. The molecule has 0 radical (unpaired) electrons. The van der Waals surface area contributed by atoms with Crippen LogP contribution in [0.2, 0.25) is 0 Å². The molecule has 1 heterocycles. The number of amides is 1. The fraction of sp³-hybridized carbons (Fsp3) is 0.846. The molecule has 0 aromatic carbocycles. The second-order valence-corrected chi connectivity index (χ2v) is 5.94. The van der Waals surface area contributed by atoms with Crippen LogP contribution >= 0.6 is 11.8 Å². The van der Waals surface area contributed by atoms with Gasteiger partial charge in [0.05, 0.1) is 5.92 Å². The van der Waals surface area contributed by atoms with Crippen LogP contribution < -0.4 is 0 Å². The molecule has 1 N–H and O–H groups in total. The summed E-state index contributed by atoms with van der Waals surface area (Å²) in [5, 5.41) is 9.03. The minimum Gasteiger partial charge on any atom is -0.481 e. The average molecular weight is 273 g/mol. The maximum atomic E-state index is 12.1. The van der Waals surface area contributed by atoms with Crippen molar-refractivity contribution in [3.8, 4) is 0 Å². The van der Waals surface area contributed by atoms with Crippen molar-refractivity contribution >= 4 is 23.6 Å². The van der Waals surface area contributed by atoms with Gasteiger partial charge in [0.2, 0.25) is 5.91 Å². The first-order chi connectivity index (χ1) is 8.56. The van der Waals surface area contributed by atoms with Gasteiger partial charge in [-0.25, -0.2) is 0 Å². The Labute approximate surface area is 113 Å². The first-order valence-corrected chi connectivity index (χ1v) is 7.96. The Hall–Kier alpha value is -0.710. The fourth-order valence-electron chi connectivity index (χ4n) is 2.32. The van der Waals surface area contributed by atoms with Crippen LogP contribution in [0.15, 0.2) is 0 Å². The molecular weight excluding hydrogens is 250 g/mol. The van der Waals surface area contributed by atoms with Crippen molar-refractivity contribution in [3.05, 3.63) is 0 Å². The lowest BCUT2D eigenvalue weighted by atomic mass is 9.93. The Balaban J connectivity index is 2.41. The predicted molar refractivity (Wildman–Crippen MR) is 73.8 cm³/mol. The Kier molecular flexibility index (Phi) is 6.54. The Morgan fingerprint density at radius 3 is 2.67 bits per heavy atom. The van der Waals surface area contributed by atoms with Crippen molar-refractivity contribution in [3.63, 3.8) is 0 Å². The van der Waals surface area contributed by atoms with Crippen LogP contribution in [0.4, 0.5) is 0 Å². The van der Waals surface area contributed by atoms with Gasteiger partial charge in [-0.3, -0.25) is 9.59 Å². The SMILES string of the molecule is CSCCCCC(=O)N1CC(C(=O)O)CCC1C. The summed E-state index contributed by atoms with van der Waals surface area (Å²) in [5.41, 5.74) is 0. The number of nitrogens with zero attached hydrogens (tertiary/aromatic N) is 1. The summed E-state index contributed by atoms with van der Waals surface area (Å²) in [4.78, 5) is 24.8. The zero-order valence-electron chi connectivity index (χ0n) is 11.2. The maximum absolute atomic E-state index is 12.1. The number of rotatable bonds is 6. The molecule has 0 aromatic rings. The van der Waals surface area contributed by atoms with Crippen LogP contribution in [-0.2, 0) is 9.59 Å². The standard InChI is InChI=1S/C13H23NO3S/c1-10-6-7-11(13(16)17)9-14(10)12(15)5-3-4-8-18-2/h10-11H,3-9H2,1-2H3,(H,16,17). The lowest BCUT2D eigenvalue weighted by Crippen LogP contribution is -2.47. The van der Waals surface area contributed by atoms with E-state index in [0.29, 0.717) is 19.4 Å². The number of unbranched alkanes of at least 4 members (excludes halogenated alkanes) is 1. The number of carbonyl (C=O) groups excluding carboxylic acids is 1. The van der Waals surface area contributed by atoms with Crippen LogP contribution in [0.25, 0.3) is 0 Å². The van der Waals surface area contributed by atoms with Crippen molar-refractivity contribution in [1.82, 2.24) is 4.90 Å². The number of likely N-dealkylation sites (tertiary alicyclic amines) is 1. The van der Waals surface area contributed by atoms with Gasteiger partial charge in [0.25, 0.3) is 0 Å². The highest BCUT2D eigenvalue weighted by Crippen LogP contribution is 2.23. The monoisotopic (exact) mass is 273 g/mol. The third-order valence-electron chi connectivity index (χ3n) is 3.54. The van der Waals surface area contributed by atoms with Gasteiger partial charge >= 0.3 is 5.97 Å². The summed E-state index contributed by atoms with van der Waals surface area (Å²) in [6, 6.07) is 0.189. The highest BCUT2D eigenvalue weighted by atomic mass is 32.2. The number of carboxylic acid groups (broad SMARTS) is 1. The zero-order valence-corrected chi connectivity index (χ0v) is 12.0. The summed E-state index contributed by atoms with van der Waals surface area (Å²) < 4.78 is 0. The van der Waals surface area contributed by atoms with E-state index in [4.69, 9.17) is 5.11 Å². The number of thioether (sulfide) groups is 1. The van der Waals surface area contributed by atoms with Crippen LogP contribution in [0.1, 0.15) is 39.0 Å². The number of piperidine rings is 1. The van der Waals surface area contributed by atoms with Gasteiger partial charge in [0.1, 0.15) is 0 Å². The predicted octanol–water partition coefficient (Wildman–Crippen LogP) is 2.23. The van der Waals surface area contributed by atoms with Crippen molar-refractivity contribution in [2.45, 2.75) is 45.1 Å². The minimum absolute atomic E-state index is 0.120. The number of carbonyl (C=O) groups is 2. The summed E-state index contributed by atoms with van der Waals surface area (Å²) in [7, 11) is 0. The molecule has 1 rings (SSSR count). The summed E-state index contributed by atoms with van der Waals surface area (Å²) >= 11 is 1.79. The van der Waals surface area contributed by atoms with Gasteiger partial charge in [0, 0.05) is 19.0 Å². The molecule has 1 fully saturated rings. The topological polar surface area (TPSA) is 57.6 Å². The molecule has 18 heavy (non-hydrogen) atoms. The molecule has 0 bridgehead atoms. The summed E-state index contributed by atoms with van der Waals surface area (Å²) in [5.74, 6) is 0.0496. The van der Waals surface area contributed by atoms with Gasteiger partial charge in [-0.1, -0.05) is 0 Å². The Morgan fingerprint density at radius 1 is 1.33 bits per heavy atom. The van der Waals surface area contributed by atoms with E-state index in [-0.39, 0.29) is 17.9 Å². The smallest absolute Gasteiger partial charge is 0.308 e. The van der Waals surface area contributed by atoms with Gasteiger partial charge in [-0.05, 0) is 44.6 Å². The Bertz CT molecular complexity index is 296. The average Bonchev–Trinajstić information content (AvgIpc) is 2.34. The zero-order chi connectivity index (χ0) is 13.5. The van der Waals surface area contributed by atoms with Crippen LogP contribution in [0, 0.1) is 5.92 Å². The Morgan fingerprint density at radius 2 is 2.06 bits per heavy atom. The minimum atomic E-state index is -0.776. The maximum Gasteiger partial charge on any atom is 0.308 e. The summed E-state index contributed by atoms with van der Waals surface area (Å²) in [6.45, 7) is 2.40. The van der Waals surface area contributed by atoms with Crippen molar-refractivity contribution in [1.29, 1.82) is 0 Å². The number of hydrogen-bond acceptors (Lipinski definition) is 3. The molecule has 2 atom stereocenters. The molecule has 0 aromatic heterocycles. The third-order valence-corrected chi connectivity index (χ3v) is 4.24. The van der Waals surface area contributed by atoms with Crippen LogP contribution in [0.5, 0.6) is 0 Å². The molecule has 1 aliphatic heterocycles. The lowest BCUT2D eigenvalue weighted by Gasteiger charge is -2.36. The molecule has 0 saturated carbocycles. The molecule has 104 valence electrons. The van der Waals surface area contributed by atoms with Crippen molar-refractivity contribution in [2.75, 3.05) is 18.6 Å². The molecule has 2 unspecified atom stereocenters. The van der Waals surface area contributed by atoms with Crippen LogP contribution in [-0.4, -0.2) is 46.5 Å². The molecule has 1 aliphatic rings. The first kappa shape index (κ1) is 15.3. The van der Waals surface area contributed by atoms with E-state index in [1.165, 1.54) is 0 Å². The van der Waals surface area contributed by atoms with E-state index >= 15 is 0 Å². The van der Waals surface area contributed by atoms with Gasteiger partial charge in [-0.2, -0.15) is 11.8 Å². The second kappa shape index (κ2) is 7.67. The summed E-state index contributed by atoms with van der Waals surface area (Å²) in [6.07, 6.45) is 6.06. The highest BCUT2D eigenvalue weighted by Gasteiger charge is 2.31.